The molecule has 0 bridgehead atoms. The first-order chi connectivity index (χ1) is 9.76. The zero-order valence-corrected chi connectivity index (χ0v) is 12.7. The SMILES string of the molecule is CCNCc1cnc(N(CC2CC2)CC2CC2)nc1C. The fraction of sp³-hybridized carbons (Fsp3) is 0.750. The van der Waals surface area contributed by atoms with Crippen LogP contribution in [0.2, 0.25) is 0 Å². The van der Waals surface area contributed by atoms with Crippen molar-refractivity contribution in [3.8, 4) is 0 Å². The van der Waals surface area contributed by atoms with E-state index in [-0.39, 0.29) is 0 Å². The number of nitrogens with zero attached hydrogens (tertiary/aromatic N) is 3. The average molecular weight is 274 g/mol. The minimum atomic E-state index is 0.869. The largest absolute Gasteiger partial charge is 0.340 e. The number of nitrogens with one attached hydrogen (secondary N) is 1. The molecule has 0 unspecified atom stereocenters. The summed E-state index contributed by atoms with van der Waals surface area (Å²) in [6.45, 7) is 8.39. The molecule has 4 heteroatoms. The smallest absolute Gasteiger partial charge is 0.225 e. The molecule has 1 aromatic heterocycles. The molecule has 0 radical (unpaired) electrons. The Hall–Kier alpha value is -1.16. The molecule has 1 aromatic rings. The van der Waals surface area contributed by atoms with Gasteiger partial charge in [-0.05, 0) is 51.0 Å². The van der Waals surface area contributed by atoms with Crippen molar-refractivity contribution in [2.75, 3.05) is 24.5 Å². The number of aromatic nitrogens is 2. The Balaban J connectivity index is 1.69. The Morgan fingerprint density at radius 3 is 2.35 bits per heavy atom. The summed E-state index contributed by atoms with van der Waals surface area (Å²) in [7, 11) is 0. The lowest BCUT2D eigenvalue weighted by molar-refractivity contribution is 0.656. The molecule has 1 N–H and O–H groups in total. The number of anilines is 1. The van der Waals surface area contributed by atoms with Crippen molar-refractivity contribution in [3.05, 3.63) is 17.5 Å². The van der Waals surface area contributed by atoms with Gasteiger partial charge in [0.15, 0.2) is 0 Å². The predicted molar refractivity (Wildman–Crippen MR) is 81.8 cm³/mol. The molecular formula is C16H26N4. The van der Waals surface area contributed by atoms with E-state index in [4.69, 9.17) is 4.98 Å². The third kappa shape index (κ3) is 3.69. The van der Waals surface area contributed by atoms with Gasteiger partial charge < -0.3 is 10.2 Å². The lowest BCUT2D eigenvalue weighted by atomic mass is 10.2. The van der Waals surface area contributed by atoms with E-state index in [1.165, 1.54) is 31.2 Å². The molecule has 0 aromatic carbocycles. The first kappa shape index (κ1) is 13.8. The van der Waals surface area contributed by atoms with Crippen molar-refractivity contribution >= 4 is 5.95 Å². The van der Waals surface area contributed by atoms with E-state index in [0.29, 0.717) is 0 Å². The van der Waals surface area contributed by atoms with Gasteiger partial charge in [0.05, 0.1) is 0 Å². The summed E-state index contributed by atoms with van der Waals surface area (Å²) in [5, 5.41) is 3.34. The highest BCUT2D eigenvalue weighted by molar-refractivity contribution is 5.34. The maximum Gasteiger partial charge on any atom is 0.225 e. The van der Waals surface area contributed by atoms with Gasteiger partial charge in [-0.25, -0.2) is 9.97 Å². The molecule has 0 amide bonds. The molecule has 2 fully saturated rings. The Morgan fingerprint density at radius 2 is 1.85 bits per heavy atom. The van der Waals surface area contributed by atoms with Crippen molar-refractivity contribution < 1.29 is 0 Å². The lowest BCUT2D eigenvalue weighted by Crippen LogP contribution is -2.30. The van der Waals surface area contributed by atoms with Gasteiger partial charge in [-0.15, -0.1) is 0 Å². The molecule has 1 heterocycles. The second-order valence-electron chi connectivity index (χ2n) is 6.35. The standard InChI is InChI=1S/C16H26N4/c1-3-17-8-15-9-18-16(19-12(15)2)20(10-13-4-5-13)11-14-6-7-14/h9,13-14,17H,3-8,10-11H2,1-2H3. The Labute approximate surface area is 122 Å². The maximum atomic E-state index is 4.76. The molecule has 0 aliphatic heterocycles. The van der Waals surface area contributed by atoms with Gasteiger partial charge in [0.1, 0.15) is 0 Å². The van der Waals surface area contributed by atoms with Crippen LogP contribution in [0.1, 0.15) is 43.9 Å². The highest BCUT2D eigenvalue weighted by Gasteiger charge is 2.30. The van der Waals surface area contributed by atoms with E-state index < -0.39 is 0 Å². The summed E-state index contributed by atoms with van der Waals surface area (Å²) in [5.41, 5.74) is 2.33. The van der Waals surface area contributed by atoms with Crippen LogP contribution >= 0.6 is 0 Å². The topological polar surface area (TPSA) is 41.1 Å². The molecule has 3 rings (SSSR count). The molecule has 0 saturated heterocycles. The minimum Gasteiger partial charge on any atom is -0.340 e. The van der Waals surface area contributed by atoms with E-state index >= 15 is 0 Å². The van der Waals surface area contributed by atoms with Gasteiger partial charge in [0.25, 0.3) is 0 Å². The average Bonchev–Trinajstić information content (AvgIpc) is 3.32. The van der Waals surface area contributed by atoms with Crippen LogP contribution in [0.5, 0.6) is 0 Å². The van der Waals surface area contributed by atoms with Gasteiger partial charge in [0.2, 0.25) is 5.95 Å². The van der Waals surface area contributed by atoms with Gasteiger partial charge in [-0.3, -0.25) is 0 Å². The Kier molecular flexibility index (Phi) is 4.20. The quantitative estimate of drug-likeness (QED) is 0.791. The molecule has 0 atom stereocenters. The summed E-state index contributed by atoms with van der Waals surface area (Å²) in [6.07, 6.45) is 7.56. The van der Waals surface area contributed by atoms with Gasteiger partial charge >= 0.3 is 0 Å². The van der Waals surface area contributed by atoms with Crippen LogP contribution in [0.4, 0.5) is 5.95 Å². The van der Waals surface area contributed by atoms with Crippen molar-refractivity contribution in [1.29, 1.82) is 0 Å². The van der Waals surface area contributed by atoms with Gasteiger partial charge in [-0.2, -0.15) is 0 Å². The van der Waals surface area contributed by atoms with Crippen molar-refractivity contribution in [2.24, 2.45) is 11.8 Å². The molecule has 2 saturated carbocycles. The zero-order valence-electron chi connectivity index (χ0n) is 12.7. The summed E-state index contributed by atoms with van der Waals surface area (Å²) in [5.74, 6) is 2.72. The number of rotatable bonds is 8. The first-order valence-electron chi connectivity index (χ1n) is 8.04. The second-order valence-corrected chi connectivity index (χ2v) is 6.35. The monoisotopic (exact) mass is 274 g/mol. The Bertz CT molecular complexity index is 438. The van der Waals surface area contributed by atoms with E-state index in [9.17, 15) is 0 Å². The summed E-state index contributed by atoms with van der Waals surface area (Å²) in [6, 6.07) is 0. The highest BCUT2D eigenvalue weighted by atomic mass is 15.3. The van der Waals surface area contributed by atoms with Crippen molar-refractivity contribution in [1.82, 2.24) is 15.3 Å². The Morgan fingerprint density at radius 1 is 1.20 bits per heavy atom. The molecule has 0 spiro atoms. The number of aryl methyl sites for hydroxylation is 1. The maximum absolute atomic E-state index is 4.76. The molecule has 110 valence electrons. The lowest BCUT2D eigenvalue weighted by Gasteiger charge is -2.23. The second kappa shape index (κ2) is 6.08. The van der Waals surface area contributed by atoms with Crippen LogP contribution in [0.15, 0.2) is 6.20 Å². The summed E-state index contributed by atoms with van der Waals surface area (Å²) in [4.78, 5) is 11.8. The number of hydrogen-bond donors (Lipinski definition) is 1. The summed E-state index contributed by atoms with van der Waals surface area (Å²) >= 11 is 0. The van der Waals surface area contributed by atoms with Crippen LogP contribution in [0, 0.1) is 18.8 Å². The van der Waals surface area contributed by atoms with E-state index in [2.05, 4.69) is 29.0 Å². The third-order valence-electron chi connectivity index (χ3n) is 4.27. The fourth-order valence-electron chi connectivity index (χ4n) is 2.53. The van der Waals surface area contributed by atoms with Crippen LogP contribution in [-0.2, 0) is 6.54 Å². The molecule has 4 nitrogen and oxygen atoms in total. The third-order valence-corrected chi connectivity index (χ3v) is 4.27. The molecule has 20 heavy (non-hydrogen) atoms. The van der Waals surface area contributed by atoms with Crippen LogP contribution in [0.3, 0.4) is 0 Å². The van der Waals surface area contributed by atoms with E-state index in [1.54, 1.807) is 0 Å². The zero-order chi connectivity index (χ0) is 13.9. The molecular weight excluding hydrogens is 248 g/mol. The van der Waals surface area contributed by atoms with Crippen molar-refractivity contribution in [3.63, 3.8) is 0 Å². The summed E-state index contributed by atoms with van der Waals surface area (Å²) < 4.78 is 0. The highest BCUT2D eigenvalue weighted by Crippen LogP contribution is 2.34. The van der Waals surface area contributed by atoms with Gasteiger partial charge in [-0.1, -0.05) is 6.92 Å². The fourth-order valence-corrected chi connectivity index (χ4v) is 2.53. The predicted octanol–water partition coefficient (Wildman–Crippen LogP) is 2.52. The first-order valence-corrected chi connectivity index (χ1v) is 8.04. The molecule has 2 aliphatic carbocycles. The minimum absolute atomic E-state index is 0.869. The molecule has 2 aliphatic rings. The van der Waals surface area contributed by atoms with Crippen molar-refractivity contribution in [2.45, 2.75) is 46.1 Å². The van der Waals surface area contributed by atoms with Crippen LogP contribution in [0.25, 0.3) is 0 Å². The van der Waals surface area contributed by atoms with Gasteiger partial charge in [0, 0.05) is 37.1 Å². The van der Waals surface area contributed by atoms with Crippen LogP contribution < -0.4 is 10.2 Å². The normalized spacial score (nSPS) is 18.3. The van der Waals surface area contributed by atoms with E-state index in [0.717, 1.165) is 49.7 Å². The van der Waals surface area contributed by atoms with Crippen LogP contribution in [-0.4, -0.2) is 29.6 Å². The number of hydrogen-bond acceptors (Lipinski definition) is 4. The van der Waals surface area contributed by atoms with E-state index in [1.807, 2.05) is 6.20 Å².